The zero-order valence-corrected chi connectivity index (χ0v) is 12.0. The third-order valence-corrected chi connectivity index (χ3v) is 3.74. The van der Waals surface area contributed by atoms with Crippen LogP contribution >= 0.6 is 0 Å². The fourth-order valence-electron chi connectivity index (χ4n) is 2.62. The van der Waals surface area contributed by atoms with Crippen LogP contribution in [0.5, 0.6) is 0 Å². The van der Waals surface area contributed by atoms with Crippen molar-refractivity contribution >= 4 is 11.7 Å². The van der Waals surface area contributed by atoms with Crippen LogP contribution in [-0.2, 0) is 4.79 Å². The average molecular weight is 293 g/mol. The molecule has 1 aliphatic heterocycles. The lowest BCUT2D eigenvalue weighted by Gasteiger charge is -2.15. The number of amides is 1. The normalized spacial score (nSPS) is 17.4. The molecule has 1 aromatic carbocycles. The van der Waals surface area contributed by atoms with Crippen LogP contribution in [0.3, 0.4) is 0 Å². The number of carbonyl (C=O) groups is 1. The fraction of sp³-hybridized carbons (Fsp3) is 0.250. The molecule has 3 rings (SSSR count). The number of pyridine rings is 1. The van der Waals surface area contributed by atoms with Gasteiger partial charge in [-0.25, -0.2) is 4.98 Å². The van der Waals surface area contributed by atoms with Crippen molar-refractivity contribution in [3.05, 3.63) is 59.1 Å². The predicted octanol–water partition coefficient (Wildman–Crippen LogP) is 3.41. The quantitative estimate of drug-likeness (QED) is 0.491. The van der Waals surface area contributed by atoms with Gasteiger partial charge in [0.15, 0.2) is 0 Å². The van der Waals surface area contributed by atoms with Gasteiger partial charge >= 0.3 is 0 Å². The highest BCUT2D eigenvalue weighted by Crippen LogP contribution is 2.26. The molecule has 0 radical (unpaired) electrons. The Morgan fingerprint density at radius 2 is 2.05 bits per heavy atom. The highest BCUT2D eigenvalue weighted by molar-refractivity contribution is 5.95. The van der Waals surface area contributed by atoms with Gasteiger partial charge in [-0.3, -0.25) is 9.69 Å². The summed E-state index contributed by atoms with van der Waals surface area (Å²) >= 11 is 0. The molecular formula is C16H15N5O. The molecule has 1 aromatic heterocycles. The highest BCUT2D eigenvalue weighted by atomic mass is 16.2. The number of aromatic nitrogens is 1. The van der Waals surface area contributed by atoms with Crippen molar-refractivity contribution in [3.63, 3.8) is 0 Å². The van der Waals surface area contributed by atoms with Gasteiger partial charge in [-0.2, -0.15) is 0 Å². The molecule has 6 heteroatoms. The maximum atomic E-state index is 12.1. The van der Waals surface area contributed by atoms with Crippen LogP contribution in [0.25, 0.3) is 21.6 Å². The van der Waals surface area contributed by atoms with Crippen LogP contribution in [0.15, 0.2) is 53.8 Å². The van der Waals surface area contributed by atoms with Gasteiger partial charge in [-0.1, -0.05) is 35.4 Å². The second-order valence-corrected chi connectivity index (χ2v) is 5.26. The van der Waals surface area contributed by atoms with Crippen LogP contribution in [0.4, 0.5) is 5.82 Å². The Bertz CT molecular complexity index is 707. The van der Waals surface area contributed by atoms with Crippen molar-refractivity contribution in [1.29, 1.82) is 0 Å². The van der Waals surface area contributed by atoms with Gasteiger partial charge in [-0.15, -0.1) is 0 Å². The van der Waals surface area contributed by atoms with Crippen molar-refractivity contribution in [2.75, 3.05) is 18.0 Å². The number of anilines is 1. The molecule has 1 aliphatic rings. The maximum absolute atomic E-state index is 12.1. The standard InChI is InChI=1S/C16H15N5O/c17-20-19-9-12-8-16(22)21(11-12)15-7-6-14(10-18-15)13-4-2-1-3-5-13/h1-7,10,12H,8-9,11H2. The average Bonchev–Trinajstić information content (AvgIpc) is 2.95. The summed E-state index contributed by atoms with van der Waals surface area (Å²) in [6.45, 7) is 0.899. The fourth-order valence-corrected chi connectivity index (χ4v) is 2.62. The molecule has 1 fully saturated rings. The van der Waals surface area contributed by atoms with E-state index in [1.165, 1.54) is 0 Å². The van der Waals surface area contributed by atoms with Crippen molar-refractivity contribution in [1.82, 2.24) is 4.98 Å². The summed E-state index contributed by atoms with van der Waals surface area (Å²) in [7, 11) is 0. The van der Waals surface area contributed by atoms with E-state index in [2.05, 4.69) is 15.0 Å². The van der Waals surface area contributed by atoms with Crippen LogP contribution < -0.4 is 4.90 Å². The lowest BCUT2D eigenvalue weighted by Crippen LogP contribution is -2.25. The van der Waals surface area contributed by atoms with Crippen molar-refractivity contribution < 1.29 is 4.79 Å². The van der Waals surface area contributed by atoms with E-state index in [1.807, 2.05) is 42.5 Å². The molecule has 22 heavy (non-hydrogen) atoms. The zero-order valence-electron chi connectivity index (χ0n) is 12.0. The van der Waals surface area contributed by atoms with E-state index in [4.69, 9.17) is 5.53 Å². The molecule has 0 aliphatic carbocycles. The Labute approximate surface area is 128 Å². The second kappa shape index (κ2) is 6.28. The van der Waals surface area contributed by atoms with E-state index >= 15 is 0 Å². The monoisotopic (exact) mass is 293 g/mol. The van der Waals surface area contributed by atoms with Crippen LogP contribution in [0.2, 0.25) is 0 Å². The SMILES string of the molecule is [N-]=[N+]=NCC1CC(=O)N(c2ccc(-c3ccccc3)cn2)C1. The third-order valence-electron chi connectivity index (χ3n) is 3.74. The molecule has 2 heterocycles. The Hall–Kier alpha value is -2.85. The summed E-state index contributed by atoms with van der Waals surface area (Å²) in [6.07, 6.45) is 2.18. The number of benzene rings is 1. The first-order valence-electron chi connectivity index (χ1n) is 7.10. The molecule has 2 aromatic rings. The summed E-state index contributed by atoms with van der Waals surface area (Å²) in [5.41, 5.74) is 10.5. The highest BCUT2D eigenvalue weighted by Gasteiger charge is 2.30. The molecule has 110 valence electrons. The predicted molar refractivity (Wildman–Crippen MR) is 84.1 cm³/mol. The molecule has 0 saturated carbocycles. The lowest BCUT2D eigenvalue weighted by atomic mass is 10.1. The van der Waals surface area contributed by atoms with Crippen LogP contribution in [0.1, 0.15) is 6.42 Å². The summed E-state index contributed by atoms with van der Waals surface area (Å²) < 4.78 is 0. The molecule has 1 unspecified atom stereocenters. The van der Waals surface area contributed by atoms with Crippen LogP contribution in [0, 0.1) is 5.92 Å². The lowest BCUT2D eigenvalue weighted by molar-refractivity contribution is -0.117. The minimum absolute atomic E-state index is 0.0260. The van der Waals surface area contributed by atoms with Gasteiger partial charge < -0.3 is 0 Å². The summed E-state index contributed by atoms with van der Waals surface area (Å²) in [6, 6.07) is 13.8. The second-order valence-electron chi connectivity index (χ2n) is 5.26. The molecule has 1 saturated heterocycles. The van der Waals surface area contributed by atoms with E-state index in [0.717, 1.165) is 11.1 Å². The Morgan fingerprint density at radius 3 is 2.73 bits per heavy atom. The van der Waals surface area contributed by atoms with Crippen molar-refractivity contribution in [3.8, 4) is 11.1 Å². The minimum Gasteiger partial charge on any atom is -0.297 e. The number of azide groups is 1. The first-order valence-corrected chi connectivity index (χ1v) is 7.10. The summed E-state index contributed by atoms with van der Waals surface area (Å²) in [5.74, 6) is 0.741. The third kappa shape index (κ3) is 2.92. The van der Waals surface area contributed by atoms with E-state index in [0.29, 0.717) is 25.3 Å². The Balaban J connectivity index is 1.76. The van der Waals surface area contributed by atoms with Gasteiger partial charge in [0.2, 0.25) is 5.91 Å². The van der Waals surface area contributed by atoms with Crippen molar-refractivity contribution in [2.24, 2.45) is 11.0 Å². The zero-order chi connectivity index (χ0) is 15.4. The topological polar surface area (TPSA) is 82.0 Å². The number of nitrogens with zero attached hydrogens (tertiary/aromatic N) is 5. The number of rotatable bonds is 4. The smallest absolute Gasteiger partial charge is 0.228 e. The molecule has 6 nitrogen and oxygen atoms in total. The van der Waals surface area contributed by atoms with E-state index < -0.39 is 0 Å². The largest absolute Gasteiger partial charge is 0.297 e. The Kier molecular flexibility index (Phi) is 4.03. The van der Waals surface area contributed by atoms with Gasteiger partial charge in [0, 0.05) is 36.2 Å². The minimum atomic E-state index is 0.0260. The first kappa shape index (κ1) is 14.1. The first-order chi connectivity index (χ1) is 10.8. The van der Waals surface area contributed by atoms with E-state index in [1.54, 1.807) is 11.1 Å². The number of hydrogen-bond donors (Lipinski definition) is 0. The molecule has 1 amide bonds. The van der Waals surface area contributed by atoms with Gasteiger partial charge in [0.25, 0.3) is 0 Å². The van der Waals surface area contributed by atoms with E-state index in [9.17, 15) is 4.79 Å². The summed E-state index contributed by atoms with van der Waals surface area (Å²) in [5, 5.41) is 3.55. The van der Waals surface area contributed by atoms with Crippen LogP contribution in [-0.4, -0.2) is 24.0 Å². The maximum Gasteiger partial charge on any atom is 0.228 e. The molecule has 0 N–H and O–H groups in total. The number of carbonyl (C=O) groups excluding carboxylic acids is 1. The number of hydrogen-bond acceptors (Lipinski definition) is 3. The molecule has 1 atom stereocenters. The molecular weight excluding hydrogens is 278 g/mol. The van der Waals surface area contributed by atoms with Crippen molar-refractivity contribution in [2.45, 2.75) is 6.42 Å². The van der Waals surface area contributed by atoms with Gasteiger partial charge in [0.05, 0.1) is 0 Å². The molecule has 0 bridgehead atoms. The van der Waals surface area contributed by atoms with E-state index in [-0.39, 0.29) is 11.8 Å². The summed E-state index contributed by atoms with van der Waals surface area (Å²) in [4.78, 5) is 20.9. The van der Waals surface area contributed by atoms with Gasteiger partial charge in [0.1, 0.15) is 5.82 Å². The molecule has 0 spiro atoms. The van der Waals surface area contributed by atoms with Gasteiger partial charge in [-0.05, 0) is 29.1 Å². The Morgan fingerprint density at radius 1 is 1.23 bits per heavy atom.